The van der Waals surface area contributed by atoms with Gasteiger partial charge in [-0.2, -0.15) is 4.31 Å². The zero-order valence-electron chi connectivity index (χ0n) is 21.5. The average Bonchev–Trinajstić information content (AvgIpc) is 3.53. The fourth-order valence-corrected chi connectivity index (χ4v) is 6.90. The first-order chi connectivity index (χ1) is 15.9. The van der Waals surface area contributed by atoms with E-state index >= 15 is 0 Å². The molecule has 186 valence electrons. The smallest absolute Gasteiger partial charge is 0.254 e. The molecule has 1 aromatic heterocycles. The van der Waals surface area contributed by atoms with E-state index in [2.05, 4.69) is 53.7 Å². The van der Waals surface area contributed by atoms with Crippen LogP contribution in [0.4, 0.5) is 0 Å². The van der Waals surface area contributed by atoms with Gasteiger partial charge in [0.15, 0.2) is 0 Å². The van der Waals surface area contributed by atoms with E-state index < -0.39 is 10.0 Å². The third-order valence-electron chi connectivity index (χ3n) is 6.94. The monoisotopic (exact) mass is 486 g/mol. The molecule has 0 bridgehead atoms. The van der Waals surface area contributed by atoms with Gasteiger partial charge in [0.1, 0.15) is 11.9 Å². The number of ether oxygens (including phenoxy) is 1. The van der Waals surface area contributed by atoms with Crippen molar-refractivity contribution in [2.24, 2.45) is 0 Å². The Morgan fingerprint density at radius 1 is 0.882 bits per heavy atom. The van der Waals surface area contributed by atoms with E-state index in [1.165, 1.54) is 15.9 Å². The average molecular weight is 487 g/mol. The summed E-state index contributed by atoms with van der Waals surface area (Å²) in [6, 6.07) is 7.87. The molecule has 1 aliphatic carbocycles. The van der Waals surface area contributed by atoms with Gasteiger partial charge in [0.2, 0.25) is 10.0 Å². The maximum absolute atomic E-state index is 13.8. The number of aromatic nitrogens is 1. The van der Waals surface area contributed by atoms with Gasteiger partial charge in [0.25, 0.3) is 5.56 Å². The molecule has 2 aliphatic rings. The van der Waals surface area contributed by atoms with Crippen molar-refractivity contribution < 1.29 is 13.2 Å². The molecule has 0 radical (unpaired) electrons. The molecule has 1 aromatic carbocycles. The first-order valence-electron chi connectivity index (χ1n) is 12.5. The molecule has 1 saturated carbocycles. The van der Waals surface area contributed by atoms with E-state index in [9.17, 15) is 13.2 Å². The van der Waals surface area contributed by atoms with Crippen molar-refractivity contribution >= 4 is 10.0 Å². The molecule has 0 spiro atoms. The molecule has 0 atom stereocenters. The van der Waals surface area contributed by atoms with E-state index in [4.69, 9.17) is 4.74 Å². The van der Waals surface area contributed by atoms with Crippen LogP contribution in [0.5, 0.6) is 5.75 Å². The van der Waals surface area contributed by atoms with E-state index in [1.54, 1.807) is 0 Å². The molecular formula is C27H38N2O4S. The molecule has 6 nitrogen and oxygen atoms in total. The van der Waals surface area contributed by atoms with Crippen molar-refractivity contribution in [1.82, 2.24) is 8.87 Å². The number of nitrogens with zero attached hydrogens (tertiary/aromatic N) is 2. The van der Waals surface area contributed by atoms with Crippen LogP contribution in [0.25, 0.3) is 0 Å². The summed E-state index contributed by atoms with van der Waals surface area (Å²) in [5.74, 6) is 1.03. The van der Waals surface area contributed by atoms with Gasteiger partial charge in [-0.05, 0) is 60.3 Å². The normalized spacial score (nSPS) is 17.6. The fourth-order valence-electron chi connectivity index (χ4n) is 4.73. The van der Waals surface area contributed by atoms with Crippen LogP contribution in [0.3, 0.4) is 0 Å². The Balaban J connectivity index is 1.57. The van der Waals surface area contributed by atoms with Gasteiger partial charge in [-0.3, -0.25) is 4.79 Å². The zero-order chi connectivity index (χ0) is 24.9. The minimum Gasteiger partial charge on any atom is -0.487 e. The number of hydrogen-bond donors (Lipinski definition) is 0. The second kappa shape index (κ2) is 9.15. The van der Waals surface area contributed by atoms with E-state index in [0.717, 1.165) is 29.7 Å². The molecule has 34 heavy (non-hydrogen) atoms. The van der Waals surface area contributed by atoms with Crippen LogP contribution in [-0.2, 0) is 10.0 Å². The van der Waals surface area contributed by atoms with Crippen molar-refractivity contribution in [1.29, 1.82) is 0 Å². The number of benzene rings is 1. The highest BCUT2D eigenvalue weighted by Gasteiger charge is 2.41. The first kappa shape index (κ1) is 25.0. The molecule has 2 heterocycles. The number of sulfonamides is 1. The Bertz CT molecular complexity index is 1200. The number of pyridine rings is 1. The summed E-state index contributed by atoms with van der Waals surface area (Å²) in [7, 11) is -3.66. The SMILES string of the molecule is Cc1cc(OC2CN(S(=O)(=O)c3c(C(C)C)cc(C(C)C)cc3C(C)C)C2)cc(=O)n1C1CC1. The summed E-state index contributed by atoms with van der Waals surface area (Å²) in [6.07, 6.45) is 1.83. The Morgan fingerprint density at radius 3 is 1.88 bits per heavy atom. The van der Waals surface area contributed by atoms with Gasteiger partial charge in [-0.25, -0.2) is 8.42 Å². The predicted octanol–water partition coefficient (Wildman–Crippen LogP) is 5.31. The summed E-state index contributed by atoms with van der Waals surface area (Å²) >= 11 is 0. The van der Waals surface area contributed by atoms with Gasteiger partial charge in [0.05, 0.1) is 18.0 Å². The van der Waals surface area contributed by atoms with Crippen LogP contribution in [0.15, 0.2) is 34.0 Å². The molecule has 4 rings (SSSR count). The Kier molecular flexibility index (Phi) is 6.73. The van der Waals surface area contributed by atoms with Gasteiger partial charge >= 0.3 is 0 Å². The van der Waals surface area contributed by atoms with Gasteiger partial charge in [-0.15, -0.1) is 0 Å². The van der Waals surface area contributed by atoms with Crippen LogP contribution < -0.4 is 10.3 Å². The molecule has 2 aromatic rings. The minimum atomic E-state index is -3.66. The van der Waals surface area contributed by atoms with Crippen molar-refractivity contribution in [2.45, 2.75) is 96.1 Å². The maximum atomic E-state index is 13.8. The summed E-state index contributed by atoms with van der Waals surface area (Å²) in [6.45, 7) is 15.0. The summed E-state index contributed by atoms with van der Waals surface area (Å²) < 4.78 is 36.9. The molecule has 1 saturated heterocycles. The molecule has 0 unspecified atom stereocenters. The highest BCUT2D eigenvalue weighted by Crippen LogP contribution is 2.38. The lowest BCUT2D eigenvalue weighted by molar-refractivity contribution is 0.0757. The highest BCUT2D eigenvalue weighted by atomic mass is 32.2. The maximum Gasteiger partial charge on any atom is 0.254 e. The van der Waals surface area contributed by atoms with Gasteiger partial charge < -0.3 is 9.30 Å². The Morgan fingerprint density at radius 2 is 1.44 bits per heavy atom. The number of aryl methyl sites for hydroxylation is 1. The number of hydrogen-bond acceptors (Lipinski definition) is 4. The minimum absolute atomic E-state index is 0.0466. The van der Waals surface area contributed by atoms with Crippen LogP contribution in [0.1, 0.15) is 101 Å². The molecular weight excluding hydrogens is 448 g/mol. The van der Waals surface area contributed by atoms with Crippen molar-refractivity contribution in [2.75, 3.05) is 13.1 Å². The standard InChI is InChI=1S/C27H38N2O4S/c1-16(2)20-11-24(17(3)4)27(25(12-20)18(5)6)34(31,32)28-14-23(15-28)33-22-10-19(7)29(21-8-9-21)26(30)13-22/h10-13,16-18,21,23H,8-9,14-15H2,1-7H3. The Labute approximate surface area is 204 Å². The van der Waals surface area contributed by atoms with Crippen molar-refractivity contribution in [3.63, 3.8) is 0 Å². The third kappa shape index (κ3) is 4.69. The quantitative estimate of drug-likeness (QED) is 0.507. The molecule has 1 aliphatic heterocycles. The summed E-state index contributed by atoms with van der Waals surface area (Å²) in [5.41, 5.74) is 3.79. The summed E-state index contributed by atoms with van der Waals surface area (Å²) in [5, 5.41) is 0. The van der Waals surface area contributed by atoms with Crippen molar-refractivity contribution in [3.8, 4) is 5.75 Å². The zero-order valence-corrected chi connectivity index (χ0v) is 22.3. The third-order valence-corrected chi connectivity index (χ3v) is 8.91. The topological polar surface area (TPSA) is 68.6 Å². The Hall–Kier alpha value is -2.12. The summed E-state index contributed by atoms with van der Waals surface area (Å²) in [4.78, 5) is 13.0. The second-order valence-corrected chi connectivity index (χ2v) is 12.7. The molecule has 2 fully saturated rings. The lowest BCUT2D eigenvalue weighted by Crippen LogP contribution is -2.56. The van der Waals surface area contributed by atoms with Gasteiger partial charge in [0, 0.05) is 17.8 Å². The molecule has 7 heteroatoms. The fraction of sp³-hybridized carbons (Fsp3) is 0.593. The second-order valence-electron chi connectivity index (χ2n) is 10.8. The van der Waals surface area contributed by atoms with Crippen LogP contribution in [0.2, 0.25) is 0 Å². The van der Waals surface area contributed by atoms with Crippen molar-refractivity contribution in [3.05, 3.63) is 57.0 Å². The van der Waals surface area contributed by atoms with Crippen LogP contribution in [-0.4, -0.2) is 36.5 Å². The predicted molar refractivity (Wildman–Crippen MR) is 136 cm³/mol. The molecule has 0 amide bonds. The van der Waals surface area contributed by atoms with Gasteiger partial charge in [-0.1, -0.05) is 53.7 Å². The highest BCUT2D eigenvalue weighted by molar-refractivity contribution is 7.89. The molecule has 0 N–H and O–H groups in total. The lowest BCUT2D eigenvalue weighted by Gasteiger charge is -2.39. The van der Waals surface area contributed by atoms with E-state index in [0.29, 0.717) is 22.6 Å². The first-order valence-corrected chi connectivity index (χ1v) is 13.9. The van der Waals surface area contributed by atoms with Crippen LogP contribution >= 0.6 is 0 Å². The van der Waals surface area contributed by atoms with E-state index in [1.807, 2.05) is 17.6 Å². The largest absolute Gasteiger partial charge is 0.487 e. The number of rotatable bonds is 8. The lowest BCUT2D eigenvalue weighted by atomic mass is 9.89. The van der Waals surface area contributed by atoms with Crippen LogP contribution in [0, 0.1) is 6.92 Å². The van der Waals surface area contributed by atoms with E-state index in [-0.39, 0.29) is 36.6 Å².